The van der Waals surface area contributed by atoms with Crippen LogP contribution in [-0.4, -0.2) is 48.6 Å². The van der Waals surface area contributed by atoms with Crippen molar-refractivity contribution < 1.29 is 34.0 Å². The van der Waals surface area contributed by atoms with Gasteiger partial charge in [-0.1, -0.05) is 90.0 Å². The van der Waals surface area contributed by atoms with Crippen LogP contribution < -0.4 is 4.74 Å². The first-order valence-electron chi connectivity index (χ1n) is 13.5. The summed E-state index contributed by atoms with van der Waals surface area (Å²) >= 11 is 0. The number of methoxy groups -OCH3 is 1. The van der Waals surface area contributed by atoms with Crippen LogP contribution in [0.1, 0.15) is 102 Å². The molecule has 0 aromatic heterocycles. The molecule has 2 N–H and O–H groups in total. The van der Waals surface area contributed by atoms with Crippen LogP contribution in [0.5, 0.6) is 11.5 Å². The minimum absolute atomic E-state index is 0.00369. The summed E-state index contributed by atoms with van der Waals surface area (Å²) in [5.74, 6) is -0.686. The Morgan fingerprint density at radius 1 is 0.861 bits per heavy atom. The van der Waals surface area contributed by atoms with E-state index in [1.54, 1.807) is 12.1 Å². The molecule has 1 rings (SSSR count). The number of aromatic hydroxyl groups is 1. The number of phenols is 1. The Hall–Kier alpha value is -2.54. The highest BCUT2D eigenvalue weighted by Gasteiger charge is 2.11. The zero-order valence-corrected chi connectivity index (χ0v) is 22.2. The molecule has 1 aromatic rings. The molecule has 7 nitrogen and oxygen atoms in total. The van der Waals surface area contributed by atoms with E-state index in [-0.39, 0.29) is 24.9 Å². The molecule has 204 valence electrons. The van der Waals surface area contributed by atoms with Gasteiger partial charge in [-0.2, -0.15) is 0 Å². The molecule has 0 radical (unpaired) electrons. The van der Waals surface area contributed by atoms with Gasteiger partial charge in [0, 0.05) is 12.5 Å². The molecule has 1 unspecified atom stereocenters. The van der Waals surface area contributed by atoms with Crippen LogP contribution in [0.2, 0.25) is 0 Å². The maximum atomic E-state index is 11.8. The van der Waals surface area contributed by atoms with E-state index in [9.17, 15) is 19.8 Å². The number of esters is 2. The second kappa shape index (κ2) is 20.6. The molecule has 1 aromatic carbocycles. The largest absolute Gasteiger partial charge is 0.504 e. The number of benzene rings is 1. The van der Waals surface area contributed by atoms with Gasteiger partial charge >= 0.3 is 11.9 Å². The first-order valence-corrected chi connectivity index (χ1v) is 13.5. The van der Waals surface area contributed by atoms with Crippen LogP contribution in [-0.2, 0) is 19.1 Å². The summed E-state index contributed by atoms with van der Waals surface area (Å²) < 4.78 is 15.1. The van der Waals surface area contributed by atoms with Crippen molar-refractivity contribution in [3.8, 4) is 11.5 Å². The van der Waals surface area contributed by atoms with Crippen molar-refractivity contribution in [3.63, 3.8) is 0 Å². The second-order valence-corrected chi connectivity index (χ2v) is 9.22. The summed E-state index contributed by atoms with van der Waals surface area (Å²) in [6, 6.07) is 4.65. The van der Waals surface area contributed by atoms with Gasteiger partial charge in [0.25, 0.3) is 0 Å². The van der Waals surface area contributed by atoms with Crippen molar-refractivity contribution >= 4 is 18.0 Å². The highest BCUT2D eigenvalue weighted by Crippen LogP contribution is 2.26. The number of rotatable bonds is 21. The van der Waals surface area contributed by atoms with Gasteiger partial charge in [-0.3, -0.25) is 4.79 Å². The summed E-state index contributed by atoms with van der Waals surface area (Å²) in [6.45, 7) is 1.77. The van der Waals surface area contributed by atoms with Crippen molar-refractivity contribution in [2.24, 2.45) is 0 Å². The predicted octanol–water partition coefficient (Wildman–Crippen LogP) is 6.34. The Labute approximate surface area is 216 Å². The fourth-order valence-corrected chi connectivity index (χ4v) is 3.79. The number of ether oxygens (including phenoxy) is 3. The third-order valence-electron chi connectivity index (χ3n) is 5.95. The lowest BCUT2D eigenvalue weighted by Crippen LogP contribution is -2.24. The zero-order chi connectivity index (χ0) is 26.4. The maximum Gasteiger partial charge on any atom is 0.330 e. The number of aliphatic hydroxyl groups is 1. The average Bonchev–Trinajstić information content (AvgIpc) is 2.88. The fraction of sp³-hybridized carbons (Fsp3) is 0.655. The summed E-state index contributed by atoms with van der Waals surface area (Å²) in [5.41, 5.74) is 0.643. The van der Waals surface area contributed by atoms with E-state index < -0.39 is 12.1 Å². The van der Waals surface area contributed by atoms with Gasteiger partial charge in [0.1, 0.15) is 19.3 Å². The zero-order valence-electron chi connectivity index (χ0n) is 22.2. The second-order valence-electron chi connectivity index (χ2n) is 9.22. The molecule has 0 saturated heterocycles. The van der Waals surface area contributed by atoms with Crippen molar-refractivity contribution in [2.75, 3.05) is 20.3 Å². The molecule has 0 spiro atoms. The van der Waals surface area contributed by atoms with Crippen molar-refractivity contribution in [2.45, 2.75) is 103 Å². The van der Waals surface area contributed by atoms with Gasteiger partial charge in [-0.05, 0) is 30.2 Å². The summed E-state index contributed by atoms with van der Waals surface area (Å²) in [6.07, 6.45) is 18.2. The molecule has 7 heteroatoms. The number of hydrogen-bond donors (Lipinski definition) is 2. The van der Waals surface area contributed by atoms with Crippen molar-refractivity contribution in [1.29, 1.82) is 0 Å². The van der Waals surface area contributed by atoms with Crippen LogP contribution in [0.15, 0.2) is 24.3 Å². The monoisotopic (exact) mass is 506 g/mol. The molecule has 0 heterocycles. The summed E-state index contributed by atoms with van der Waals surface area (Å²) in [5, 5.41) is 19.5. The Morgan fingerprint density at radius 3 is 2.00 bits per heavy atom. The van der Waals surface area contributed by atoms with Gasteiger partial charge in [0.2, 0.25) is 0 Å². The molecule has 0 aliphatic rings. The Balaban J connectivity index is 2.01. The van der Waals surface area contributed by atoms with E-state index in [1.807, 2.05) is 0 Å². The standard InChI is InChI=1S/C29H46O7/c1-3-4-5-6-7-8-9-10-11-12-13-14-15-16-28(32)35-22-25(30)23-36-29(33)20-18-24-17-19-26(31)27(21-24)34-2/h17-21,25,30-31H,3-16,22-23H2,1-2H3/b20-18+. The SMILES string of the molecule is CCCCCCCCCCCCCCCC(=O)OCC(O)COC(=O)/C=C/c1ccc(O)c(OC)c1. The van der Waals surface area contributed by atoms with E-state index in [0.29, 0.717) is 17.7 Å². The quantitative estimate of drug-likeness (QED) is 0.114. The summed E-state index contributed by atoms with van der Waals surface area (Å²) in [7, 11) is 1.43. The summed E-state index contributed by atoms with van der Waals surface area (Å²) in [4.78, 5) is 23.7. The molecular formula is C29H46O7. The third kappa shape index (κ3) is 16.2. The normalized spacial score (nSPS) is 12.0. The fourth-order valence-electron chi connectivity index (χ4n) is 3.79. The number of carbonyl (C=O) groups excluding carboxylic acids is 2. The lowest BCUT2D eigenvalue weighted by atomic mass is 10.0. The smallest absolute Gasteiger partial charge is 0.330 e. The number of phenolic OH excluding ortho intramolecular Hbond substituents is 1. The van der Waals surface area contributed by atoms with E-state index >= 15 is 0 Å². The van der Waals surface area contributed by atoms with Crippen LogP contribution >= 0.6 is 0 Å². The van der Waals surface area contributed by atoms with E-state index in [4.69, 9.17) is 14.2 Å². The first kappa shape index (κ1) is 31.5. The molecular weight excluding hydrogens is 460 g/mol. The minimum Gasteiger partial charge on any atom is -0.504 e. The highest BCUT2D eigenvalue weighted by molar-refractivity contribution is 5.87. The Bertz CT molecular complexity index is 760. The number of hydrogen-bond acceptors (Lipinski definition) is 7. The van der Waals surface area contributed by atoms with E-state index in [0.717, 1.165) is 19.3 Å². The average molecular weight is 507 g/mol. The molecule has 0 amide bonds. The number of aliphatic hydroxyl groups excluding tert-OH is 1. The molecule has 0 aliphatic heterocycles. The topological polar surface area (TPSA) is 102 Å². The van der Waals surface area contributed by atoms with Gasteiger partial charge in [-0.15, -0.1) is 0 Å². The maximum absolute atomic E-state index is 11.8. The molecule has 36 heavy (non-hydrogen) atoms. The van der Waals surface area contributed by atoms with Crippen molar-refractivity contribution in [3.05, 3.63) is 29.8 Å². The third-order valence-corrected chi connectivity index (χ3v) is 5.95. The molecule has 1 atom stereocenters. The van der Waals surface area contributed by atoms with Gasteiger partial charge in [0.15, 0.2) is 11.5 Å². The van der Waals surface area contributed by atoms with Crippen LogP contribution in [0.25, 0.3) is 6.08 Å². The van der Waals surface area contributed by atoms with Gasteiger partial charge in [-0.25, -0.2) is 4.79 Å². The highest BCUT2D eigenvalue weighted by atomic mass is 16.6. The molecule has 0 saturated carbocycles. The van der Waals surface area contributed by atoms with Gasteiger partial charge in [0.05, 0.1) is 7.11 Å². The number of unbranched alkanes of at least 4 members (excludes halogenated alkanes) is 12. The van der Waals surface area contributed by atoms with Crippen LogP contribution in [0.3, 0.4) is 0 Å². The van der Waals surface area contributed by atoms with Crippen LogP contribution in [0, 0.1) is 0 Å². The Morgan fingerprint density at radius 2 is 1.42 bits per heavy atom. The lowest BCUT2D eigenvalue weighted by Gasteiger charge is -2.11. The van der Waals surface area contributed by atoms with Crippen LogP contribution in [0.4, 0.5) is 0 Å². The number of carbonyl (C=O) groups is 2. The predicted molar refractivity (Wildman–Crippen MR) is 142 cm³/mol. The lowest BCUT2D eigenvalue weighted by molar-refractivity contribution is -0.150. The van der Waals surface area contributed by atoms with Gasteiger partial charge < -0.3 is 24.4 Å². The molecule has 0 fully saturated rings. The Kier molecular flexibility index (Phi) is 18.0. The minimum atomic E-state index is -1.08. The van der Waals surface area contributed by atoms with E-state index in [1.165, 1.54) is 89.5 Å². The first-order chi connectivity index (χ1) is 17.5. The van der Waals surface area contributed by atoms with E-state index in [2.05, 4.69) is 6.92 Å². The molecule has 0 aliphatic carbocycles. The molecule has 0 bridgehead atoms. The van der Waals surface area contributed by atoms with Crippen molar-refractivity contribution in [1.82, 2.24) is 0 Å².